The molecule has 0 saturated carbocycles. The third-order valence-electron chi connectivity index (χ3n) is 4.31. The van der Waals surface area contributed by atoms with Crippen molar-refractivity contribution in [3.05, 3.63) is 65.7 Å². The Morgan fingerprint density at radius 2 is 1.80 bits per heavy atom. The van der Waals surface area contributed by atoms with Crippen molar-refractivity contribution in [3.63, 3.8) is 0 Å². The summed E-state index contributed by atoms with van der Waals surface area (Å²) in [5.74, 6) is -0.0450. The number of para-hydroxylation sites is 1. The molecule has 1 amide bonds. The van der Waals surface area contributed by atoms with E-state index < -0.39 is 0 Å². The lowest BCUT2D eigenvalue weighted by atomic mass is 10.00. The zero-order valence-electron chi connectivity index (χ0n) is 14.4. The number of fused-ring (bicyclic) bond motifs is 1. The van der Waals surface area contributed by atoms with E-state index in [4.69, 9.17) is 0 Å². The first-order valence-corrected chi connectivity index (χ1v) is 8.72. The molecule has 0 unspecified atom stereocenters. The first-order valence-electron chi connectivity index (χ1n) is 8.72. The summed E-state index contributed by atoms with van der Waals surface area (Å²) in [6.07, 6.45) is 2.33. The van der Waals surface area contributed by atoms with Crippen LogP contribution in [-0.4, -0.2) is 30.5 Å². The minimum atomic E-state index is -0.136. The first-order chi connectivity index (χ1) is 12.2. The van der Waals surface area contributed by atoms with Gasteiger partial charge in [-0.2, -0.15) is 0 Å². The second-order valence-electron chi connectivity index (χ2n) is 6.17. The molecule has 1 aliphatic rings. The van der Waals surface area contributed by atoms with Crippen LogP contribution in [0.25, 0.3) is 0 Å². The van der Waals surface area contributed by atoms with Gasteiger partial charge in [0.15, 0.2) is 5.78 Å². The number of unbranched alkanes of at least 4 members (excludes halogenated alkanes) is 1. The molecule has 0 aromatic heterocycles. The van der Waals surface area contributed by atoms with Crippen molar-refractivity contribution >= 4 is 23.1 Å². The molecule has 0 spiro atoms. The molecule has 0 saturated heterocycles. The molecule has 0 radical (unpaired) electrons. The molecule has 1 heterocycles. The highest BCUT2D eigenvalue weighted by Crippen LogP contribution is 2.26. The molecule has 0 fully saturated rings. The summed E-state index contributed by atoms with van der Waals surface area (Å²) < 4.78 is 0. The predicted octanol–water partition coefficient (Wildman–Crippen LogP) is 3.63. The van der Waals surface area contributed by atoms with Crippen molar-refractivity contribution < 1.29 is 9.59 Å². The summed E-state index contributed by atoms with van der Waals surface area (Å²) in [6, 6.07) is 17.5. The Hall–Kier alpha value is -2.75. The summed E-state index contributed by atoms with van der Waals surface area (Å²) in [7, 11) is 0. The minimum Gasteiger partial charge on any atom is -0.303 e. The van der Waals surface area contributed by atoms with E-state index in [0.29, 0.717) is 6.42 Å². The van der Waals surface area contributed by atoms with Crippen molar-refractivity contribution in [1.29, 1.82) is 0 Å². The van der Waals surface area contributed by atoms with Gasteiger partial charge in [-0.3, -0.25) is 14.6 Å². The van der Waals surface area contributed by atoms with Crippen LogP contribution >= 0.6 is 0 Å². The Bertz CT molecular complexity index is 797. The van der Waals surface area contributed by atoms with E-state index in [0.717, 1.165) is 35.4 Å². The highest BCUT2D eigenvalue weighted by Gasteiger charge is 2.26. The SMILES string of the molecule is CCCCC(=O)CN1C(=O)CN=C(c2ccccc2)c2ccccc21. The maximum Gasteiger partial charge on any atom is 0.249 e. The number of benzodiazepines with no additional fused rings is 1. The summed E-state index contributed by atoms with van der Waals surface area (Å²) in [5.41, 5.74) is 3.43. The molecular formula is C21H22N2O2. The van der Waals surface area contributed by atoms with E-state index in [2.05, 4.69) is 11.9 Å². The monoisotopic (exact) mass is 334 g/mol. The van der Waals surface area contributed by atoms with E-state index in [1.807, 2.05) is 54.6 Å². The molecule has 4 heteroatoms. The normalized spacial score (nSPS) is 13.9. The maximum absolute atomic E-state index is 12.6. The molecule has 0 atom stereocenters. The van der Waals surface area contributed by atoms with Crippen LogP contribution in [0.3, 0.4) is 0 Å². The topological polar surface area (TPSA) is 49.7 Å². The summed E-state index contributed by atoms with van der Waals surface area (Å²) in [4.78, 5) is 31.0. The average molecular weight is 334 g/mol. The average Bonchev–Trinajstić information content (AvgIpc) is 2.78. The Kier molecular flexibility index (Phi) is 5.39. The number of hydrogen-bond acceptors (Lipinski definition) is 3. The van der Waals surface area contributed by atoms with E-state index in [-0.39, 0.29) is 24.8 Å². The number of Topliss-reactive ketones (excluding diaryl/α,β-unsaturated/α-hetero) is 1. The lowest BCUT2D eigenvalue weighted by Gasteiger charge is -2.22. The fourth-order valence-electron chi connectivity index (χ4n) is 3.01. The number of anilines is 1. The van der Waals surface area contributed by atoms with E-state index in [1.54, 1.807) is 4.90 Å². The molecule has 0 N–H and O–H groups in total. The predicted molar refractivity (Wildman–Crippen MR) is 100 cm³/mol. The molecule has 2 aromatic carbocycles. The van der Waals surface area contributed by atoms with Crippen LogP contribution in [0.1, 0.15) is 37.3 Å². The zero-order valence-corrected chi connectivity index (χ0v) is 14.4. The number of aliphatic imine (C=N–C) groups is 1. The number of hydrogen-bond donors (Lipinski definition) is 0. The quantitative estimate of drug-likeness (QED) is 0.810. The molecule has 128 valence electrons. The number of rotatable bonds is 6. The lowest BCUT2D eigenvalue weighted by Crippen LogP contribution is -2.37. The Balaban J connectivity index is 1.97. The number of nitrogens with zero attached hydrogens (tertiary/aromatic N) is 2. The number of carbonyl (C=O) groups is 2. The molecule has 4 nitrogen and oxygen atoms in total. The summed E-state index contributed by atoms with van der Waals surface area (Å²) >= 11 is 0. The van der Waals surface area contributed by atoms with E-state index in [9.17, 15) is 9.59 Å². The van der Waals surface area contributed by atoms with Gasteiger partial charge in [-0.05, 0) is 12.5 Å². The number of benzene rings is 2. The molecule has 0 aliphatic carbocycles. The van der Waals surface area contributed by atoms with Gasteiger partial charge in [0, 0.05) is 17.5 Å². The molecule has 2 aromatic rings. The smallest absolute Gasteiger partial charge is 0.249 e. The maximum atomic E-state index is 12.6. The fourth-order valence-corrected chi connectivity index (χ4v) is 3.01. The summed E-state index contributed by atoms with van der Waals surface area (Å²) in [6.45, 7) is 2.23. The van der Waals surface area contributed by atoms with Gasteiger partial charge in [0.25, 0.3) is 0 Å². The van der Waals surface area contributed by atoms with Gasteiger partial charge in [0.1, 0.15) is 6.54 Å². The van der Waals surface area contributed by atoms with Gasteiger partial charge in [-0.1, -0.05) is 61.9 Å². The minimum absolute atomic E-state index is 0.0555. The Morgan fingerprint density at radius 3 is 2.56 bits per heavy atom. The van der Waals surface area contributed by atoms with Crippen LogP contribution in [0.4, 0.5) is 5.69 Å². The lowest BCUT2D eigenvalue weighted by molar-refractivity contribution is -0.122. The molecule has 3 rings (SSSR count). The van der Waals surface area contributed by atoms with Crippen LogP contribution in [0.2, 0.25) is 0 Å². The highest BCUT2D eigenvalue weighted by molar-refractivity contribution is 6.20. The van der Waals surface area contributed by atoms with E-state index >= 15 is 0 Å². The number of ketones is 1. The molecular weight excluding hydrogens is 312 g/mol. The van der Waals surface area contributed by atoms with Gasteiger partial charge >= 0.3 is 0 Å². The van der Waals surface area contributed by atoms with Crippen LogP contribution < -0.4 is 4.90 Å². The van der Waals surface area contributed by atoms with Gasteiger partial charge in [-0.25, -0.2) is 0 Å². The van der Waals surface area contributed by atoms with Crippen LogP contribution in [0, 0.1) is 0 Å². The van der Waals surface area contributed by atoms with Gasteiger partial charge in [-0.15, -0.1) is 0 Å². The van der Waals surface area contributed by atoms with Crippen LogP contribution in [0.15, 0.2) is 59.6 Å². The van der Waals surface area contributed by atoms with Gasteiger partial charge in [0.05, 0.1) is 17.9 Å². The second-order valence-corrected chi connectivity index (χ2v) is 6.17. The molecule has 25 heavy (non-hydrogen) atoms. The number of carbonyl (C=O) groups excluding carboxylic acids is 2. The third kappa shape index (κ3) is 3.85. The largest absolute Gasteiger partial charge is 0.303 e. The van der Waals surface area contributed by atoms with Crippen molar-refractivity contribution in [2.45, 2.75) is 26.2 Å². The standard InChI is InChI=1S/C21H22N2O2/c1-2-3-11-17(24)15-23-19-13-8-7-12-18(19)21(22-14-20(23)25)16-9-5-4-6-10-16/h4-10,12-13H,2-3,11,14-15H2,1H3. The Labute approximate surface area is 148 Å². The summed E-state index contributed by atoms with van der Waals surface area (Å²) in [5, 5.41) is 0. The first kappa shape index (κ1) is 17.1. The van der Waals surface area contributed by atoms with Gasteiger partial charge in [0.2, 0.25) is 5.91 Å². The van der Waals surface area contributed by atoms with Crippen LogP contribution in [0.5, 0.6) is 0 Å². The van der Waals surface area contributed by atoms with Crippen LogP contribution in [-0.2, 0) is 9.59 Å². The van der Waals surface area contributed by atoms with Crippen molar-refractivity contribution in [2.75, 3.05) is 18.0 Å². The number of amides is 1. The molecule has 1 aliphatic heterocycles. The molecule has 0 bridgehead atoms. The highest BCUT2D eigenvalue weighted by atomic mass is 16.2. The Morgan fingerprint density at radius 1 is 1.08 bits per heavy atom. The van der Waals surface area contributed by atoms with Gasteiger partial charge < -0.3 is 4.90 Å². The fraction of sp³-hybridized carbons (Fsp3) is 0.286. The van der Waals surface area contributed by atoms with Crippen molar-refractivity contribution in [2.24, 2.45) is 4.99 Å². The van der Waals surface area contributed by atoms with Crippen molar-refractivity contribution in [3.8, 4) is 0 Å². The third-order valence-corrected chi connectivity index (χ3v) is 4.31. The zero-order chi connectivity index (χ0) is 17.6. The van der Waals surface area contributed by atoms with Crippen molar-refractivity contribution in [1.82, 2.24) is 0 Å². The van der Waals surface area contributed by atoms with E-state index in [1.165, 1.54) is 0 Å². The second kappa shape index (κ2) is 7.88.